The van der Waals surface area contributed by atoms with Crippen molar-refractivity contribution in [3.05, 3.63) is 29.8 Å². The van der Waals surface area contributed by atoms with E-state index in [1.165, 1.54) is 4.90 Å². The molecule has 1 N–H and O–H groups in total. The number of rotatable bonds is 6. The van der Waals surface area contributed by atoms with Crippen molar-refractivity contribution in [2.75, 3.05) is 31.4 Å². The highest BCUT2D eigenvalue weighted by molar-refractivity contribution is 7.98. The number of alkyl halides is 1. The number of thioether (sulfide) groups is 1. The van der Waals surface area contributed by atoms with Gasteiger partial charge in [0.05, 0.1) is 29.5 Å². The summed E-state index contributed by atoms with van der Waals surface area (Å²) in [5.74, 6) is -0.356. The topological polar surface area (TPSA) is 66.5 Å². The number of hydrogen-bond acceptors (Lipinski definition) is 5. The number of nitrogens with one attached hydrogen (secondary N) is 1. The van der Waals surface area contributed by atoms with E-state index in [-0.39, 0.29) is 24.0 Å². The minimum Gasteiger partial charge on any atom is -0.350 e. The lowest BCUT2D eigenvalue weighted by atomic mass is 10.2. The number of carbonyl (C=O) groups excluding carboxylic acids is 1. The largest absolute Gasteiger partial charge is 0.350 e. The first-order valence-electron chi connectivity index (χ1n) is 7.24. The summed E-state index contributed by atoms with van der Waals surface area (Å²) < 4.78 is 23.0. The van der Waals surface area contributed by atoms with Gasteiger partial charge in [-0.15, -0.1) is 23.4 Å². The molecule has 0 unspecified atom stereocenters. The summed E-state index contributed by atoms with van der Waals surface area (Å²) in [5.41, 5.74) is 1.12. The molecule has 1 aromatic carbocycles. The molecule has 0 radical (unpaired) electrons. The summed E-state index contributed by atoms with van der Waals surface area (Å²) in [6, 6.07) is 7.69. The Labute approximate surface area is 146 Å². The molecule has 0 saturated carbocycles. The Morgan fingerprint density at radius 3 is 2.52 bits per heavy atom. The van der Waals surface area contributed by atoms with Crippen LogP contribution < -0.4 is 5.32 Å². The molecular formula is C15H21ClN2O3S2. The van der Waals surface area contributed by atoms with E-state index in [1.807, 2.05) is 30.3 Å². The quantitative estimate of drug-likeness (QED) is 0.600. The summed E-state index contributed by atoms with van der Waals surface area (Å²) in [6.07, 6.45) is 2.03. The molecule has 0 aliphatic carbocycles. The van der Waals surface area contributed by atoms with Crippen LogP contribution in [0.2, 0.25) is 0 Å². The van der Waals surface area contributed by atoms with E-state index in [1.54, 1.807) is 11.8 Å². The smallest absolute Gasteiger partial charge is 0.234 e. The van der Waals surface area contributed by atoms with Crippen LogP contribution in [0.1, 0.15) is 5.56 Å². The first kappa shape index (κ1) is 18.6. The highest BCUT2D eigenvalue weighted by Crippen LogP contribution is 2.18. The summed E-state index contributed by atoms with van der Waals surface area (Å²) in [6.45, 7) is 0.847. The fourth-order valence-corrected chi connectivity index (χ4v) is 5.49. The van der Waals surface area contributed by atoms with E-state index in [2.05, 4.69) is 17.4 Å². The molecule has 2 atom stereocenters. The zero-order chi connectivity index (χ0) is 17.0. The molecule has 0 aromatic heterocycles. The molecule has 1 aliphatic heterocycles. The Hall–Kier alpha value is -0.760. The molecule has 1 aliphatic rings. The van der Waals surface area contributed by atoms with Crippen LogP contribution in [0.15, 0.2) is 29.2 Å². The second-order valence-corrected chi connectivity index (χ2v) is 9.38. The number of halogens is 1. The van der Waals surface area contributed by atoms with Crippen molar-refractivity contribution >= 4 is 39.1 Å². The fraction of sp³-hybridized carbons (Fsp3) is 0.533. The van der Waals surface area contributed by atoms with E-state index in [0.29, 0.717) is 6.54 Å². The van der Waals surface area contributed by atoms with Crippen LogP contribution in [-0.4, -0.2) is 62.0 Å². The number of sulfone groups is 1. The maximum atomic E-state index is 12.0. The second kappa shape index (κ2) is 7.88. The van der Waals surface area contributed by atoms with Crippen LogP contribution in [0.4, 0.5) is 0 Å². The Bertz CT molecular complexity index is 649. The van der Waals surface area contributed by atoms with Crippen LogP contribution in [0, 0.1) is 0 Å². The molecule has 2 rings (SSSR count). The summed E-state index contributed by atoms with van der Waals surface area (Å²) in [4.78, 5) is 15.1. The lowest BCUT2D eigenvalue weighted by Crippen LogP contribution is -2.44. The van der Waals surface area contributed by atoms with Gasteiger partial charge in [-0.1, -0.05) is 12.1 Å². The molecule has 1 amide bonds. The molecule has 5 nitrogen and oxygen atoms in total. The van der Waals surface area contributed by atoms with Gasteiger partial charge in [0.1, 0.15) is 0 Å². The first-order chi connectivity index (χ1) is 10.8. The Balaban J connectivity index is 1.82. The van der Waals surface area contributed by atoms with Gasteiger partial charge in [-0.05, 0) is 31.0 Å². The van der Waals surface area contributed by atoms with Crippen molar-refractivity contribution in [1.82, 2.24) is 10.2 Å². The van der Waals surface area contributed by atoms with E-state index >= 15 is 0 Å². The third-order valence-electron chi connectivity index (χ3n) is 3.65. The Kier molecular flexibility index (Phi) is 6.36. The van der Waals surface area contributed by atoms with Crippen LogP contribution in [0.25, 0.3) is 0 Å². The van der Waals surface area contributed by atoms with E-state index in [9.17, 15) is 13.2 Å². The second-order valence-electron chi connectivity index (χ2n) is 5.79. The van der Waals surface area contributed by atoms with E-state index in [4.69, 9.17) is 11.6 Å². The fourth-order valence-electron chi connectivity index (χ4n) is 2.53. The number of benzene rings is 1. The lowest BCUT2D eigenvalue weighted by Gasteiger charge is -2.19. The van der Waals surface area contributed by atoms with Gasteiger partial charge in [0, 0.05) is 11.4 Å². The molecular weight excluding hydrogens is 356 g/mol. The van der Waals surface area contributed by atoms with Gasteiger partial charge in [-0.25, -0.2) is 8.42 Å². The SMILES string of the molecule is CSc1ccc(CN(C)CC(=O)N[C@@H]2CS(=O)(=O)C[C@@H]2Cl)cc1. The van der Waals surface area contributed by atoms with Gasteiger partial charge in [-0.2, -0.15) is 0 Å². The van der Waals surface area contributed by atoms with Crippen molar-refractivity contribution < 1.29 is 13.2 Å². The number of carbonyl (C=O) groups is 1. The van der Waals surface area contributed by atoms with Gasteiger partial charge in [-0.3, -0.25) is 9.69 Å². The number of amides is 1. The molecule has 1 heterocycles. The van der Waals surface area contributed by atoms with Gasteiger partial charge >= 0.3 is 0 Å². The Morgan fingerprint density at radius 2 is 2.00 bits per heavy atom. The van der Waals surface area contributed by atoms with Gasteiger partial charge in [0.25, 0.3) is 0 Å². The van der Waals surface area contributed by atoms with Crippen molar-refractivity contribution in [2.45, 2.75) is 22.9 Å². The van der Waals surface area contributed by atoms with E-state index in [0.717, 1.165) is 5.56 Å². The van der Waals surface area contributed by atoms with Crippen LogP contribution >= 0.6 is 23.4 Å². The average molecular weight is 377 g/mol. The molecule has 0 bridgehead atoms. The van der Waals surface area contributed by atoms with Gasteiger partial charge in [0.2, 0.25) is 5.91 Å². The van der Waals surface area contributed by atoms with E-state index < -0.39 is 21.3 Å². The standard InChI is InChI=1S/C15H21ClN2O3S2/c1-18(7-11-3-5-12(22-2)6-4-11)8-15(19)17-14-10-23(20,21)9-13(14)16/h3-6,13-14H,7-10H2,1-2H3,(H,17,19)/t13-,14+/m0/s1. The number of hydrogen-bond donors (Lipinski definition) is 1. The maximum Gasteiger partial charge on any atom is 0.234 e. The van der Waals surface area contributed by atoms with Gasteiger partial charge in [0.15, 0.2) is 9.84 Å². The molecule has 1 fully saturated rings. The third-order valence-corrected chi connectivity index (χ3v) is 6.77. The monoisotopic (exact) mass is 376 g/mol. The van der Waals surface area contributed by atoms with Crippen molar-refractivity contribution in [3.63, 3.8) is 0 Å². The predicted molar refractivity (Wildman–Crippen MR) is 94.8 cm³/mol. The van der Waals surface area contributed by atoms with Crippen LogP contribution in [0.5, 0.6) is 0 Å². The van der Waals surface area contributed by atoms with Crippen molar-refractivity contribution in [2.24, 2.45) is 0 Å². The number of nitrogens with zero attached hydrogens (tertiary/aromatic N) is 1. The van der Waals surface area contributed by atoms with Crippen molar-refractivity contribution in [1.29, 1.82) is 0 Å². The molecule has 1 aromatic rings. The molecule has 128 valence electrons. The highest BCUT2D eigenvalue weighted by atomic mass is 35.5. The normalized spacial score (nSPS) is 23.1. The summed E-state index contributed by atoms with van der Waals surface area (Å²) in [7, 11) is -1.28. The zero-order valence-corrected chi connectivity index (χ0v) is 15.5. The summed E-state index contributed by atoms with van der Waals surface area (Å²) in [5, 5.41) is 2.18. The highest BCUT2D eigenvalue weighted by Gasteiger charge is 2.37. The minimum absolute atomic E-state index is 0.0723. The van der Waals surface area contributed by atoms with Gasteiger partial charge < -0.3 is 5.32 Å². The minimum atomic E-state index is -3.14. The average Bonchev–Trinajstić information content (AvgIpc) is 2.71. The molecule has 23 heavy (non-hydrogen) atoms. The summed E-state index contributed by atoms with van der Waals surface area (Å²) >= 11 is 7.68. The molecule has 0 spiro atoms. The maximum absolute atomic E-state index is 12.0. The lowest BCUT2D eigenvalue weighted by molar-refractivity contribution is -0.122. The van der Waals surface area contributed by atoms with Crippen molar-refractivity contribution in [3.8, 4) is 0 Å². The zero-order valence-electron chi connectivity index (χ0n) is 13.2. The predicted octanol–water partition coefficient (Wildman–Crippen LogP) is 1.36. The number of likely N-dealkylation sites (N-methyl/N-ethyl adjacent to an activating group) is 1. The molecule has 8 heteroatoms. The first-order valence-corrected chi connectivity index (χ1v) is 10.7. The molecule has 1 saturated heterocycles. The van der Waals surface area contributed by atoms with Crippen LogP contribution in [0.3, 0.4) is 0 Å². The van der Waals surface area contributed by atoms with Crippen LogP contribution in [-0.2, 0) is 21.2 Å². The third kappa shape index (κ3) is 5.67. The Morgan fingerprint density at radius 1 is 1.35 bits per heavy atom.